The van der Waals surface area contributed by atoms with Gasteiger partial charge in [-0.1, -0.05) is 35.4 Å². The number of halogens is 2. The third kappa shape index (κ3) is 3.68. The van der Waals surface area contributed by atoms with Gasteiger partial charge in [0.05, 0.1) is 16.3 Å². The highest BCUT2D eigenvalue weighted by molar-refractivity contribution is 6.33. The standard InChI is InChI=1S/C20H18ClFN2O2/c1-11-8-14-10-13(19(25)24-17(14)9-12(11)2)6-7-23-20(26)18-15(21)4-3-5-16(18)22/h3-5,8-10,14H,6-7H2,1-2H3,(H,23,26). The number of aliphatic imine (C=N–C) groups is 1. The number of hydrogen-bond acceptors (Lipinski definition) is 2. The number of dihydropyridines is 1. The Bertz CT molecular complexity index is 892. The second kappa shape index (κ2) is 7.38. The van der Waals surface area contributed by atoms with Crippen molar-refractivity contribution in [3.05, 3.63) is 69.5 Å². The molecule has 1 N–H and O–H groups in total. The number of hydrogen-bond donors (Lipinski definition) is 1. The minimum absolute atomic E-state index is 0.0249. The molecule has 1 heterocycles. The zero-order chi connectivity index (χ0) is 18.8. The molecule has 1 atom stereocenters. The van der Waals surface area contributed by atoms with Crippen molar-refractivity contribution in [1.29, 1.82) is 0 Å². The number of carbonyl (C=O) groups excluding carboxylic acids is 2. The molecule has 1 unspecified atom stereocenters. The van der Waals surface area contributed by atoms with Gasteiger partial charge in [-0.05, 0) is 44.1 Å². The van der Waals surface area contributed by atoms with Crippen molar-refractivity contribution in [3.63, 3.8) is 0 Å². The highest BCUT2D eigenvalue weighted by Crippen LogP contribution is 2.27. The van der Waals surface area contributed by atoms with Gasteiger partial charge in [0.1, 0.15) is 5.82 Å². The third-order valence-electron chi connectivity index (χ3n) is 4.51. The Morgan fingerprint density at radius 2 is 2.04 bits per heavy atom. The van der Waals surface area contributed by atoms with E-state index >= 15 is 0 Å². The summed E-state index contributed by atoms with van der Waals surface area (Å²) >= 11 is 5.88. The molecule has 4 nitrogen and oxygen atoms in total. The molecule has 134 valence electrons. The number of rotatable bonds is 4. The molecule has 2 amide bonds. The fraction of sp³-hybridized carbons (Fsp3) is 0.250. The maximum absolute atomic E-state index is 13.8. The average Bonchev–Trinajstić information content (AvgIpc) is 2.57. The maximum Gasteiger partial charge on any atom is 0.272 e. The summed E-state index contributed by atoms with van der Waals surface area (Å²) in [6.07, 6.45) is 6.18. The van der Waals surface area contributed by atoms with E-state index in [2.05, 4.69) is 16.4 Å². The molecule has 6 heteroatoms. The van der Waals surface area contributed by atoms with Crippen LogP contribution < -0.4 is 5.32 Å². The molecule has 0 fully saturated rings. The Labute approximate surface area is 156 Å². The van der Waals surface area contributed by atoms with Gasteiger partial charge in [-0.2, -0.15) is 0 Å². The molecule has 1 aliphatic carbocycles. The topological polar surface area (TPSA) is 58.5 Å². The monoisotopic (exact) mass is 372 g/mol. The molecular formula is C20H18ClFN2O2. The smallest absolute Gasteiger partial charge is 0.272 e. The Morgan fingerprint density at radius 1 is 1.27 bits per heavy atom. The lowest BCUT2D eigenvalue weighted by Crippen LogP contribution is -2.28. The first kappa shape index (κ1) is 18.3. The van der Waals surface area contributed by atoms with Crippen molar-refractivity contribution in [2.75, 3.05) is 6.54 Å². The van der Waals surface area contributed by atoms with E-state index < -0.39 is 11.7 Å². The van der Waals surface area contributed by atoms with Crippen LogP contribution in [0.5, 0.6) is 0 Å². The predicted molar refractivity (Wildman–Crippen MR) is 99.9 cm³/mol. The van der Waals surface area contributed by atoms with Crippen LogP contribution >= 0.6 is 11.6 Å². The van der Waals surface area contributed by atoms with Gasteiger partial charge in [-0.25, -0.2) is 9.38 Å². The van der Waals surface area contributed by atoms with Crippen LogP contribution in [0.2, 0.25) is 5.02 Å². The van der Waals surface area contributed by atoms with Gasteiger partial charge in [-0.3, -0.25) is 9.59 Å². The SMILES string of the molecule is CC1=CC2=NC(=O)C(CCNC(=O)c3c(F)cccc3Cl)=CC2C=C1C. The lowest BCUT2D eigenvalue weighted by molar-refractivity contribution is -0.114. The zero-order valence-corrected chi connectivity index (χ0v) is 15.2. The van der Waals surface area contributed by atoms with Gasteiger partial charge in [-0.15, -0.1) is 0 Å². The molecule has 1 aromatic carbocycles. The van der Waals surface area contributed by atoms with Gasteiger partial charge >= 0.3 is 0 Å². The lowest BCUT2D eigenvalue weighted by Gasteiger charge is -2.22. The van der Waals surface area contributed by atoms with E-state index in [0.29, 0.717) is 12.0 Å². The molecule has 0 spiro atoms. The molecule has 2 aliphatic rings. The van der Waals surface area contributed by atoms with Crippen LogP contribution in [-0.2, 0) is 4.79 Å². The normalized spacial score (nSPS) is 19.1. The van der Waals surface area contributed by atoms with Gasteiger partial charge in [0.25, 0.3) is 11.8 Å². The molecule has 0 bridgehead atoms. The summed E-state index contributed by atoms with van der Waals surface area (Å²) in [6.45, 7) is 4.19. The van der Waals surface area contributed by atoms with Gasteiger partial charge in [0, 0.05) is 18.0 Å². The number of benzene rings is 1. The van der Waals surface area contributed by atoms with Gasteiger partial charge in [0.15, 0.2) is 0 Å². The van der Waals surface area contributed by atoms with E-state index in [1.807, 2.05) is 26.0 Å². The van der Waals surface area contributed by atoms with E-state index in [1.54, 1.807) is 0 Å². The summed E-state index contributed by atoms with van der Waals surface area (Å²) in [5.41, 5.74) is 3.34. The number of nitrogens with zero attached hydrogens (tertiary/aromatic N) is 1. The average molecular weight is 373 g/mol. The second-order valence-corrected chi connectivity index (χ2v) is 6.75. The minimum Gasteiger partial charge on any atom is -0.352 e. The molecule has 0 saturated carbocycles. The van der Waals surface area contributed by atoms with Crippen LogP contribution in [-0.4, -0.2) is 24.1 Å². The Hall–Kier alpha value is -2.53. The summed E-state index contributed by atoms with van der Waals surface area (Å²) in [6, 6.07) is 4.07. The van der Waals surface area contributed by atoms with Crippen LogP contribution in [0.4, 0.5) is 4.39 Å². The second-order valence-electron chi connectivity index (χ2n) is 6.34. The quantitative estimate of drug-likeness (QED) is 0.867. The molecule has 26 heavy (non-hydrogen) atoms. The van der Waals surface area contributed by atoms with E-state index in [-0.39, 0.29) is 29.0 Å². The van der Waals surface area contributed by atoms with Crippen molar-refractivity contribution in [1.82, 2.24) is 5.32 Å². The summed E-state index contributed by atoms with van der Waals surface area (Å²) in [5, 5.41) is 2.65. The number of allylic oxidation sites excluding steroid dienone is 5. The highest BCUT2D eigenvalue weighted by Gasteiger charge is 2.24. The minimum atomic E-state index is -0.679. The fourth-order valence-electron chi connectivity index (χ4n) is 2.94. The molecule has 3 rings (SSSR count). The first-order valence-corrected chi connectivity index (χ1v) is 8.67. The van der Waals surface area contributed by atoms with Crippen molar-refractivity contribution in [3.8, 4) is 0 Å². The Kier molecular flexibility index (Phi) is 5.18. The van der Waals surface area contributed by atoms with Crippen molar-refractivity contribution in [2.45, 2.75) is 20.3 Å². The predicted octanol–water partition coefficient (Wildman–Crippen LogP) is 4.03. The van der Waals surface area contributed by atoms with Crippen LogP contribution in [0.3, 0.4) is 0 Å². The fourth-order valence-corrected chi connectivity index (χ4v) is 3.19. The zero-order valence-electron chi connectivity index (χ0n) is 14.5. The van der Waals surface area contributed by atoms with Crippen LogP contribution in [0.25, 0.3) is 0 Å². The van der Waals surface area contributed by atoms with Crippen LogP contribution in [0.1, 0.15) is 30.6 Å². The van der Waals surface area contributed by atoms with Crippen LogP contribution in [0.15, 0.2) is 58.1 Å². The van der Waals surface area contributed by atoms with E-state index in [9.17, 15) is 14.0 Å². The molecular weight excluding hydrogens is 355 g/mol. The summed E-state index contributed by atoms with van der Waals surface area (Å²) in [7, 11) is 0. The molecule has 1 aliphatic heterocycles. The lowest BCUT2D eigenvalue weighted by atomic mass is 9.86. The van der Waals surface area contributed by atoms with Crippen molar-refractivity contribution >= 4 is 29.1 Å². The number of amides is 2. The van der Waals surface area contributed by atoms with Crippen LogP contribution in [0, 0.1) is 11.7 Å². The number of nitrogens with one attached hydrogen (secondary N) is 1. The van der Waals surface area contributed by atoms with E-state index in [0.717, 1.165) is 16.9 Å². The number of fused-ring (bicyclic) bond motifs is 1. The highest BCUT2D eigenvalue weighted by atomic mass is 35.5. The van der Waals surface area contributed by atoms with Crippen molar-refractivity contribution < 1.29 is 14.0 Å². The Balaban J connectivity index is 1.65. The van der Waals surface area contributed by atoms with E-state index in [4.69, 9.17) is 11.6 Å². The number of carbonyl (C=O) groups is 2. The van der Waals surface area contributed by atoms with Gasteiger partial charge in [0.2, 0.25) is 0 Å². The first-order chi connectivity index (χ1) is 12.4. The molecule has 0 aromatic heterocycles. The molecule has 0 radical (unpaired) electrons. The molecule has 0 saturated heterocycles. The first-order valence-electron chi connectivity index (χ1n) is 8.29. The third-order valence-corrected chi connectivity index (χ3v) is 4.83. The Morgan fingerprint density at radius 3 is 2.77 bits per heavy atom. The van der Waals surface area contributed by atoms with Gasteiger partial charge < -0.3 is 5.32 Å². The van der Waals surface area contributed by atoms with E-state index in [1.165, 1.54) is 18.2 Å². The largest absolute Gasteiger partial charge is 0.352 e. The maximum atomic E-state index is 13.8. The van der Waals surface area contributed by atoms with Crippen molar-refractivity contribution in [2.24, 2.45) is 10.9 Å². The summed E-state index contributed by atoms with van der Waals surface area (Å²) in [5.74, 6) is -1.61. The summed E-state index contributed by atoms with van der Waals surface area (Å²) < 4.78 is 13.8. The summed E-state index contributed by atoms with van der Waals surface area (Å²) in [4.78, 5) is 28.5. The molecule has 1 aromatic rings.